The first-order valence-corrected chi connectivity index (χ1v) is 9.67. The predicted octanol–water partition coefficient (Wildman–Crippen LogP) is 3.80. The minimum Gasteiger partial charge on any atom is -0.367 e. The fourth-order valence-corrected chi connectivity index (χ4v) is 3.96. The van der Waals surface area contributed by atoms with Crippen molar-refractivity contribution >= 4 is 34.1 Å². The summed E-state index contributed by atoms with van der Waals surface area (Å²) in [6.07, 6.45) is 3.48. The van der Waals surface area contributed by atoms with Crippen LogP contribution < -0.4 is 9.80 Å². The molecule has 1 aliphatic rings. The van der Waals surface area contributed by atoms with Crippen molar-refractivity contribution in [2.75, 3.05) is 36.0 Å². The molecule has 0 N–H and O–H groups in total. The molecule has 0 amide bonds. The average molecular weight is 391 g/mol. The molecule has 1 saturated heterocycles. The van der Waals surface area contributed by atoms with Gasteiger partial charge in [-0.05, 0) is 24.3 Å². The molecular weight excluding hydrogens is 372 g/mol. The molecule has 0 aliphatic carbocycles. The molecule has 1 aliphatic heterocycles. The van der Waals surface area contributed by atoms with Crippen molar-refractivity contribution in [3.63, 3.8) is 0 Å². The summed E-state index contributed by atoms with van der Waals surface area (Å²) >= 11 is 6.36. The number of hydrogen-bond acceptors (Lipinski definition) is 5. The second-order valence-electron chi connectivity index (χ2n) is 6.75. The second kappa shape index (κ2) is 7.13. The first kappa shape index (κ1) is 17.0. The number of halogens is 1. The Morgan fingerprint density at radius 1 is 0.786 bits per heavy atom. The summed E-state index contributed by atoms with van der Waals surface area (Å²) < 4.78 is 1.86. The normalized spacial score (nSPS) is 14.6. The van der Waals surface area contributed by atoms with Crippen LogP contribution in [0, 0.1) is 0 Å². The number of anilines is 2. The van der Waals surface area contributed by atoms with E-state index in [9.17, 15) is 0 Å². The first-order chi connectivity index (χ1) is 13.8. The Kier molecular flexibility index (Phi) is 4.33. The van der Waals surface area contributed by atoms with Crippen molar-refractivity contribution in [2.24, 2.45) is 0 Å². The lowest BCUT2D eigenvalue weighted by Crippen LogP contribution is -2.47. The van der Waals surface area contributed by atoms with E-state index in [0.717, 1.165) is 59.4 Å². The lowest BCUT2D eigenvalue weighted by atomic mass is 10.2. The van der Waals surface area contributed by atoms with Crippen LogP contribution in [0.1, 0.15) is 0 Å². The molecule has 0 bridgehead atoms. The fourth-order valence-electron chi connectivity index (χ4n) is 3.71. The highest BCUT2D eigenvalue weighted by Gasteiger charge is 2.22. The molecule has 2 aromatic heterocycles. The molecule has 0 spiro atoms. The van der Waals surface area contributed by atoms with Gasteiger partial charge in [-0.2, -0.15) is 5.10 Å². The van der Waals surface area contributed by atoms with Crippen LogP contribution in [0.25, 0.3) is 16.7 Å². The number of benzene rings is 2. The number of piperazine rings is 1. The van der Waals surface area contributed by atoms with Gasteiger partial charge in [0.1, 0.15) is 12.1 Å². The molecule has 140 valence electrons. The SMILES string of the molecule is Clc1ccccc1N1CCN(c2ncnc3c2cnn3-c2ccccc2)CC1. The zero-order chi connectivity index (χ0) is 18.9. The van der Waals surface area contributed by atoms with E-state index in [0.29, 0.717) is 0 Å². The molecule has 28 heavy (non-hydrogen) atoms. The van der Waals surface area contributed by atoms with Crippen LogP contribution in [0.2, 0.25) is 5.02 Å². The molecule has 5 rings (SSSR count). The highest BCUT2D eigenvalue weighted by Crippen LogP contribution is 2.29. The van der Waals surface area contributed by atoms with Gasteiger partial charge < -0.3 is 9.80 Å². The molecule has 2 aromatic carbocycles. The van der Waals surface area contributed by atoms with Crippen molar-refractivity contribution in [3.05, 3.63) is 72.1 Å². The van der Waals surface area contributed by atoms with Crippen LogP contribution in [0.5, 0.6) is 0 Å². The van der Waals surface area contributed by atoms with Crippen molar-refractivity contribution < 1.29 is 0 Å². The maximum atomic E-state index is 6.36. The third-order valence-electron chi connectivity index (χ3n) is 5.12. The molecule has 0 saturated carbocycles. The molecule has 7 heteroatoms. The summed E-state index contributed by atoms with van der Waals surface area (Å²) in [7, 11) is 0. The zero-order valence-corrected chi connectivity index (χ0v) is 16.0. The molecule has 3 heterocycles. The Morgan fingerprint density at radius 2 is 1.50 bits per heavy atom. The van der Waals surface area contributed by atoms with Gasteiger partial charge in [-0.3, -0.25) is 0 Å². The summed E-state index contributed by atoms with van der Waals surface area (Å²) in [6, 6.07) is 18.0. The summed E-state index contributed by atoms with van der Waals surface area (Å²) in [6.45, 7) is 3.52. The number of rotatable bonds is 3. The van der Waals surface area contributed by atoms with E-state index in [1.807, 2.05) is 59.4 Å². The number of fused-ring (bicyclic) bond motifs is 1. The Bertz CT molecular complexity index is 1100. The third kappa shape index (κ3) is 2.96. The van der Waals surface area contributed by atoms with E-state index in [-0.39, 0.29) is 0 Å². The smallest absolute Gasteiger partial charge is 0.168 e. The van der Waals surface area contributed by atoms with Gasteiger partial charge in [0.2, 0.25) is 0 Å². The standard InChI is InChI=1S/C21H19ClN6/c22-18-8-4-5-9-19(18)26-10-12-27(13-11-26)20-17-14-25-28(21(17)24-15-23-20)16-6-2-1-3-7-16/h1-9,14-15H,10-13H2. The van der Waals surface area contributed by atoms with Crippen molar-refractivity contribution in [1.29, 1.82) is 0 Å². The summed E-state index contributed by atoms with van der Waals surface area (Å²) in [4.78, 5) is 13.7. The van der Waals surface area contributed by atoms with Crippen LogP contribution in [-0.4, -0.2) is 45.9 Å². The zero-order valence-electron chi connectivity index (χ0n) is 15.2. The minimum atomic E-state index is 0.796. The molecule has 1 fully saturated rings. The van der Waals surface area contributed by atoms with Crippen molar-refractivity contribution in [3.8, 4) is 5.69 Å². The van der Waals surface area contributed by atoms with Gasteiger partial charge in [0.25, 0.3) is 0 Å². The van der Waals surface area contributed by atoms with Crippen LogP contribution in [0.4, 0.5) is 11.5 Å². The van der Waals surface area contributed by atoms with Gasteiger partial charge in [0.05, 0.1) is 28.0 Å². The van der Waals surface area contributed by atoms with Gasteiger partial charge in [-0.15, -0.1) is 0 Å². The second-order valence-corrected chi connectivity index (χ2v) is 7.16. The number of hydrogen-bond donors (Lipinski definition) is 0. The van der Waals surface area contributed by atoms with E-state index >= 15 is 0 Å². The molecule has 0 atom stereocenters. The average Bonchev–Trinajstić information content (AvgIpc) is 3.19. The van der Waals surface area contributed by atoms with E-state index in [1.54, 1.807) is 6.33 Å². The third-order valence-corrected chi connectivity index (χ3v) is 5.44. The van der Waals surface area contributed by atoms with Crippen molar-refractivity contribution in [1.82, 2.24) is 19.7 Å². The topological polar surface area (TPSA) is 50.1 Å². The van der Waals surface area contributed by atoms with E-state index in [1.165, 1.54) is 0 Å². The number of para-hydroxylation sites is 2. The number of nitrogens with zero attached hydrogens (tertiary/aromatic N) is 6. The van der Waals surface area contributed by atoms with Gasteiger partial charge in [0.15, 0.2) is 5.65 Å². The molecule has 0 unspecified atom stereocenters. The molecule has 6 nitrogen and oxygen atoms in total. The van der Waals surface area contributed by atoms with E-state index < -0.39 is 0 Å². The van der Waals surface area contributed by atoms with Crippen LogP contribution in [0.3, 0.4) is 0 Å². The lowest BCUT2D eigenvalue weighted by molar-refractivity contribution is 0.649. The predicted molar refractivity (Wildman–Crippen MR) is 113 cm³/mol. The lowest BCUT2D eigenvalue weighted by Gasteiger charge is -2.37. The maximum absolute atomic E-state index is 6.36. The van der Waals surface area contributed by atoms with Crippen molar-refractivity contribution in [2.45, 2.75) is 0 Å². The highest BCUT2D eigenvalue weighted by atomic mass is 35.5. The quantitative estimate of drug-likeness (QED) is 0.532. The van der Waals surface area contributed by atoms with Crippen LogP contribution in [-0.2, 0) is 0 Å². The van der Waals surface area contributed by atoms with Gasteiger partial charge in [-0.1, -0.05) is 41.9 Å². The Balaban J connectivity index is 1.42. The van der Waals surface area contributed by atoms with Gasteiger partial charge in [-0.25, -0.2) is 14.6 Å². The molecular formula is C21H19ClN6. The summed E-state index contributed by atoms with van der Waals surface area (Å²) in [5.74, 6) is 0.936. The van der Waals surface area contributed by atoms with E-state index in [2.05, 4.69) is 30.9 Å². The first-order valence-electron chi connectivity index (χ1n) is 9.30. The largest absolute Gasteiger partial charge is 0.367 e. The Morgan fingerprint density at radius 3 is 2.29 bits per heavy atom. The monoisotopic (exact) mass is 390 g/mol. The maximum Gasteiger partial charge on any atom is 0.168 e. The Hall–Kier alpha value is -3.12. The molecule has 4 aromatic rings. The van der Waals surface area contributed by atoms with E-state index in [4.69, 9.17) is 11.6 Å². The number of aromatic nitrogens is 4. The van der Waals surface area contributed by atoms with Gasteiger partial charge in [0, 0.05) is 26.2 Å². The minimum absolute atomic E-state index is 0.796. The summed E-state index contributed by atoms with van der Waals surface area (Å²) in [5, 5.41) is 6.32. The van der Waals surface area contributed by atoms with Crippen LogP contribution in [0.15, 0.2) is 67.1 Å². The van der Waals surface area contributed by atoms with Crippen LogP contribution >= 0.6 is 11.6 Å². The Labute approximate surface area is 168 Å². The summed E-state index contributed by atoms with van der Waals surface area (Å²) in [5.41, 5.74) is 2.91. The van der Waals surface area contributed by atoms with Gasteiger partial charge >= 0.3 is 0 Å². The highest BCUT2D eigenvalue weighted by molar-refractivity contribution is 6.33. The molecule has 0 radical (unpaired) electrons. The fraction of sp³-hybridized carbons (Fsp3) is 0.190.